The van der Waals surface area contributed by atoms with Crippen molar-refractivity contribution in [2.75, 3.05) is 18.5 Å². The highest BCUT2D eigenvalue weighted by molar-refractivity contribution is 6.02. The summed E-state index contributed by atoms with van der Waals surface area (Å²) in [5.74, 6) is 0. The molecule has 0 aromatic heterocycles. The van der Waals surface area contributed by atoms with Crippen molar-refractivity contribution in [2.24, 2.45) is 0 Å². The maximum Gasteiger partial charge on any atom is 0.416 e. The van der Waals surface area contributed by atoms with Crippen LogP contribution in [0.5, 0.6) is 0 Å². The van der Waals surface area contributed by atoms with E-state index in [0.29, 0.717) is 17.8 Å². The number of hydrogen-bond donors (Lipinski definition) is 0. The van der Waals surface area contributed by atoms with Crippen LogP contribution in [-0.4, -0.2) is 24.5 Å². The van der Waals surface area contributed by atoms with Crippen LogP contribution in [0, 0.1) is 11.3 Å². The number of amides is 2. The molecule has 1 aliphatic rings. The molecule has 1 aliphatic heterocycles. The standard InChI is InChI=1S/C26H20F3N3O/c1-17-24(23-9-4-3-8-22(23)19-12-10-18(15-30)11-13-19)16-31(2)25(33)32(17)21-7-5-6-20(14-21)26(27,28)29/h3-14H,16H2,1-2H3. The van der Waals surface area contributed by atoms with Gasteiger partial charge in [-0.15, -0.1) is 0 Å². The summed E-state index contributed by atoms with van der Waals surface area (Å²) in [6.07, 6.45) is -4.51. The number of carbonyl (C=O) groups excluding carboxylic acids is 1. The van der Waals surface area contributed by atoms with Gasteiger partial charge in [0.2, 0.25) is 0 Å². The van der Waals surface area contributed by atoms with Gasteiger partial charge in [-0.1, -0.05) is 42.5 Å². The molecule has 7 heteroatoms. The molecule has 0 saturated carbocycles. The Hall–Kier alpha value is -4.05. The predicted octanol–water partition coefficient (Wildman–Crippen LogP) is 6.55. The average molecular weight is 447 g/mol. The second-order valence-corrected chi connectivity index (χ2v) is 7.82. The highest BCUT2D eigenvalue weighted by atomic mass is 19.4. The minimum absolute atomic E-state index is 0.159. The lowest BCUT2D eigenvalue weighted by Gasteiger charge is -2.37. The second kappa shape index (κ2) is 8.47. The van der Waals surface area contributed by atoms with E-state index in [2.05, 4.69) is 6.07 Å². The maximum atomic E-state index is 13.3. The molecule has 3 aromatic rings. The first-order valence-electron chi connectivity index (χ1n) is 10.2. The number of anilines is 1. The van der Waals surface area contributed by atoms with E-state index in [-0.39, 0.29) is 5.69 Å². The molecule has 0 unspecified atom stereocenters. The number of hydrogen-bond acceptors (Lipinski definition) is 2. The normalized spacial score (nSPS) is 14.5. The minimum atomic E-state index is -4.51. The van der Waals surface area contributed by atoms with Gasteiger partial charge in [0.1, 0.15) is 0 Å². The van der Waals surface area contributed by atoms with Crippen molar-refractivity contribution in [1.29, 1.82) is 5.26 Å². The van der Waals surface area contributed by atoms with Crippen LogP contribution in [0.4, 0.5) is 23.7 Å². The maximum absolute atomic E-state index is 13.3. The predicted molar refractivity (Wildman–Crippen MR) is 121 cm³/mol. The SMILES string of the molecule is CC1=C(c2ccccc2-c2ccc(C#N)cc2)CN(C)C(=O)N1c1cccc(C(F)(F)F)c1. The summed E-state index contributed by atoms with van der Waals surface area (Å²) < 4.78 is 39.9. The highest BCUT2D eigenvalue weighted by Gasteiger charge is 2.34. The fraction of sp³-hybridized carbons (Fsp3) is 0.154. The second-order valence-electron chi connectivity index (χ2n) is 7.82. The molecule has 33 heavy (non-hydrogen) atoms. The molecule has 0 N–H and O–H groups in total. The summed E-state index contributed by atoms with van der Waals surface area (Å²) in [5, 5.41) is 9.08. The monoisotopic (exact) mass is 447 g/mol. The molecule has 0 atom stereocenters. The summed E-state index contributed by atoms with van der Waals surface area (Å²) in [4.78, 5) is 15.8. The first kappa shape index (κ1) is 22.2. The van der Waals surface area contributed by atoms with E-state index < -0.39 is 17.8 Å². The third kappa shape index (κ3) is 4.20. The minimum Gasteiger partial charge on any atom is -0.323 e. The van der Waals surface area contributed by atoms with Gasteiger partial charge in [0, 0.05) is 19.3 Å². The number of carbonyl (C=O) groups is 1. The number of rotatable bonds is 3. The van der Waals surface area contributed by atoms with Crippen molar-refractivity contribution in [3.05, 3.63) is 95.2 Å². The molecular weight excluding hydrogens is 427 g/mol. The van der Waals surface area contributed by atoms with Gasteiger partial charge in [-0.05, 0) is 59.5 Å². The van der Waals surface area contributed by atoms with Gasteiger partial charge in [0.05, 0.1) is 22.9 Å². The van der Waals surface area contributed by atoms with Crippen LogP contribution >= 0.6 is 0 Å². The summed E-state index contributed by atoms with van der Waals surface area (Å²) in [6, 6.07) is 21.3. The lowest BCUT2D eigenvalue weighted by molar-refractivity contribution is -0.137. The van der Waals surface area contributed by atoms with Crippen molar-refractivity contribution in [1.82, 2.24) is 4.90 Å². The first-order chi connectivity index (χ1) is 15.7. The van der Waals surface area contributed by atoms with E-state index in [4.69, 9.17) is 5.26 Å². The lowest BCUT2D eigenvalue weighted by atomic mass is 9.91. The number of nitriles is 1. The van der Waals surface area contributed by atoms with Gasteiger partial charge in [0.25, 0.3) is 0 Å². The van der Waals surface area contributed by atoms with Crippen molar-refractivity contribution in [3.63, 3.8) is 0 Å². The molecule has 1 heterocycles. The van der Waals surface area contributed by atoms with Gasteiger partial charge in [-0.3, -0.25) is 4.90 Å². The lowest BCUT2D eigenvalue weighted by Crippen LogP contribution is -2.45. The number of alkyl halides is 3. The third-order valence-electron chi connectivity index (χ3n) is 5.69. The fourth-order valence-corrected chi connectivity index (χ4v) is 4.00. The Morgan fingerprint density at radius 1 is 0.939 bits per heavy atom. The van der Waals surface area contributed by atoms with Crippen LogP contribution in [0.15, 0.2) is 78.5 Å². The number of benzene rings is 3. The van der Waals surface area contributed by atoms with E-state index in [9.17, 15) is 18.0 Å². The topological polar surface area (TPSA) is 47.3 Å². The molecule has 0 aliphatic carbocycles. The first-order valence-corrected chi connectivity index (χ1v) is 10.2. The quantitative estimate of drug-likeness (QED) is 0.457. The number of allylic oxidation sites excluding steroid dienone is 1. The third-order valence-corrected chi connectivity index (χ3v) is 5.69. The number of urea groups is 1. The number of likely N-dealkylation sites (N-methyl/N-ethyl adjacent to an activating group) is 1. The van der Waals surface area contributed by atoms with Crippen molar-refractivity contribution < 1.29 is 18.0 Å². The van der Waals surface area contributed by atoms with Crippen LogP contribution in [-0.2, 0) is 6.18 Å². The largest absolute Gasteiger partial charge is 0.416 e. The van der Waals surface area contributed by atoms with Crippen LogP contribution in [0.3, 0.4) is 0 Å². The Morgan fingerprint density at radius 2 is 1.61 bits per heavy atom. The van der Waals surface area contributed by atoms with Gasteiger partial charge in [-0.2, -0.15) is 18.4 Å². The zero-order chi connectivity index (χ0) is 23.8. The Balaban J connectivity index is 1.86. The molecule has 0 radical (unpaired) electrons. The van der Waals surface area contributed by atoms with E-state index in [0.717, 1.165) is 34.4 Å². The van der Waals surface area contributed by atoms with E-state index in [1.165, 1.54) is 21.9 Å². The summed E-state index contributed by atoms with van der Waals surface area (Å²) in [6.45, 7) is 2.06. The molecule has 0 saturated heterocycles. The molecule has 0 bridgehead atoms. The van der Waals surface area contributed by atoms with Crippen molar-refractivity contribution in [3.8, 4) is 17.2 Å². The number of nitrogens with zero attached hydrogens (tertiary/aromatic N) is 3. The van der Waals surface area contributed by atoms with Gasteiger partial charge in [-0.25, -0.2) is 4.79 Å². The van der Waals surface area contributed by atoms with Crippen LogP contribution in [0.1, 0.15) is 23.6 Å². The molecule has 4 nitrogen and oxygen atoms in total. The Labute approximate surface area is 189 Å². The van der Waals surface area contributed by atoms with Crippen molar-refractivity contribution >= 4 is 17.3 Å². The molecule has 166 valence electrons. The Kier molecular flexibility index (Phi) is 5.69. The summed E-state index contributed by atoms with van der Waals surface area (Å²) in [7, 11) is 1.62. The molecule has 0 spiro atoms. The van der Waals surface area contributed by atoms with Crippen LogP contribution in [0.2, 0.25) is 0 Å². The molecule has 4 rings (SSSR count). The Bertz CT molecular complexity index is 1290. The molecule has 0 fully saturated rings. The molecule has 3 aromatic carbocycles. The van der Waals surface area contributed by atoms with E-state index in [1.54, 1.807) is 26.1 Å². The average Bonchev–Trinajstić information content (AvgIpc) is 2.81. The number of halogens is 3. The summed E-state index contributed by atoms with van der Waals surface area (Å²) >= 11 is 0. The fourth-order valence-electron chi connectivity index (χ4n) is 4.00. The van der Waals surface area contributed by atoms with E-state index in [1.807, 2.05) is 36.4 Å². The van der Waals surface area contributed by atoms with E-state index >= 15 is 0 Å². The Morgan fingerprint density at radius 3 is 2.24 bits per heavy atom. The van der Waals surface area contributed by atoms with Crippen LogP contribution in [0.25, 0.3) is 16.7 Å². The molecular formula is C26H20F3N3O. The molecule has 2 amide bonds. The smallest absolute Gasteiger partial charge is 0.323 e. The zero-order valence-electron chi connectivity index (χ0n) is 18.0. The highest BCUT2D eigenvalue weighted by Crippen LogP contribution is 2.38. The summed E-state index contributed by atoms with van der Waals surface area (Å²) in [5.41, 5.74) is 3.97. The zero-order valence-corrected chi connectivity index (χ0v) is 18.0. The van der Waals surface area contributed by atoms with Crippen molar-refractivity contribution in [2.45, 2.75) is 13.1 Å². The van der Waals surface area contributed by atoms with Crippen LogP contribution < -0.4 is 4.90 Å². The van der Waals surface area contributed by atoms with Gasteiger partial charge in [0.15, 0.2) is 0 Å². The van der Waals surface area contributed by atoms with Gasteiger partial charge >= 0.3 is 12.2 Å². The van der Waals surface area contributed by atoms with Gasteiger partial charge < -0.3 is 4.90 Å².